The number of nitrogens with zero attached hydrogens (tertiary/aromatic N) is 3. The van der Waals surface area contributed by atoms with E-state index in [9.17, 15) is 4.79 Å². The van der Waals surface area contributed by atoms with E-state index < -0.39 is 0 Å². The van der Waals surface area contributed by atoms with Crippen LogP contribution in [0.2, 0.25) is 0 Å². The number of hydrogen-bond donors (Lipinski definition) is 0. The van der Waals surface area contributed by atoms with Crippen molar-refractivity contribution in [2.75, 3.05) is 11.4 Å². The van der Waals surface area contributed by atoms with Gasteiger partial charge in [0.2, 0.25) is 11.8 Å². The van der Waals surface area contributed by atoms with Crippen molar-refractivity contribution in [2.24, 2.45) is 0 Å². The fourth-order valence-electron chi connectivity index (χ4n) is 2.33. The smallest absolute Gasteiger partial charge is 0.232 e. The van der Waals surface area contributed by atoms with Crippen LogP contribution in [0.25, 0.3) is 0 Å². The summed E-state index contributed by atoms with van der Waals surface area (Å²) in [6.45, 7) is 4.41. The Balaban J connectivity index is 1.82. The standard InChI is InChI=1S/C14H15N3O2/c1-9-3-5-12(6-4-9)17-8-11(7-13(17)18)14-15-10(2)16-19-14/h3-6,11H,7-8H2,1-2H3. The van der Waals surface area contributed by atoms with Gasteiger partial charge in [0, 0.05) is 18.7 Å². The Morgan fingerprint density at radius 2 is 2.00 bits per heavy atom. The third-order valence-corrected chi connectivity index (χ3v) is 3.36. The van der Waals surface area contributed by atoms with E-state index in [-0.39, 0.29) is 11.8 Å². The van der Waals surface area contributed by atoms with Crippen LogP contribution < -0.4 is 4.90 Å². The molecule has 1 saturated heterocycles. The zero-order chi connectivity index (χ0) is 13.4. The number of anilines is 1. The zero-order valence-corrected chi connectivity index (χ0v) is 11.0. The second kappa shape index (κ2) is 4.50. The summed E-state index contributed by atoms with van der Waals surface area (Å²) in [5.74, 6) is 1.26. The van der Waals surface area contributed by atoms with Crippen LogP contribution in [0.3, 0.4) is 0 Å². The average Bonchev–Trinajstić information content (AvgIpc) is 2.97. The maximum Gasteiger partial charge on any atom is 0.232 e. The molecule has 1 aliphatic rings. The molecule has 5 nitrogen and oxygen atoms in total. The fraction of sp³-hybridized carbons (Fsp3) is 0.357. The second-order valence-electron chi connectivity index (χ2n) is 4.92. The van der Waals surface area contributed by atoms with Gasteiger partial charge in [-0.25, -0.2) is 0 Å². The van der Waals surface area contributed by atoms with Crippen molar-refractivity contribution in [1.82, 2.24) is 10.1 Å². The van der Waals surface area contributed by atoms with Crippen LogP contribution in [0, 0.1) is 13.8 Å². The predicted octanol–water partition coefficient (Wildman–Crippen LogP) is 2.21. The summed E-state index contributed by atoms with van der Waals surface area (Å²) < 4.78 is 5.16. The summed E-state index contributed by atoms with van der Waals surface area (Å²) in [6.07, 6.45) is 0.426. The molecule has 2 aromatic rings. The van der Waals surface area contributed by atoms with Gasteiger partial charge in [-0.1, -0.05) is 22.9 Å². The van der Waals surface area contributed by atoms with Crippen LogP contribution in [0.15, 0.2) is 28.8 Å². The van der Waals surface area contributed by atoms with E-state index in [0.717, 1.165) is 5.69 Å². The van der Waals surface area contributed by atoms with Gasteiger partial charge in [-0.05, 0) is 26.0 Å². The highest BCUT2D eigenvalue weighted by Crippen LogP contribution is 2.30. The Bertz CT molecular complexity index is 603. The summed E-state index contributed by atoms with van der Waals surface area (Å²) in [5.41, 5.74) is 2.11. The Morgan fingerprint density at radius 3 is 2.63 bits per heavy atom. The summed E-state index contributed by atoms with van der Waals surface area (Å²) in [4.78, 5) is 18.1. The van der Waals surface area contributed by atoms with Crippen LogP contribution in [0.4, 0.5) is 5.69 Å². The lowest BCUT2D eigenvalue weighted by Gasteiger charge is -2.16. The normalized spacial score (nSPS) is 19.2. The Kier molecular flexibility index (Phi) is 2.81. The molecule has 2 heterocycles. The molecular formula is C14H15N3O2. The van der Waals surface area contributed by atoms with E-state index >= 15 is 0 Å². The first kappa shape index (κ1) is 11.9. The van der Waals surface area contributed by atoms with E-state index in [0.29, 0.717) is 24.7 Å². The molecule has 1 atom stereocenters. The third-order valence-electron chi connectivity index (χ3n) is 3.36. The van der Waals surface area contributed by atoms with Crippen molar-refractivity contribution in [2.45, 2.75) is 26.2 Å². The van der Waals surface area contributed by atoms with Crippen LogP contribution in [-0.4, -0.2) is 22.6 Å². The molecule has 0 N–H and O–H groups in total. The molecule has 19 heavy (non-hydrogen) atoms. The van der Waals surface area contributed by atoms with Crippen LogP contribution >= 0.6 is 0 Å². The summed E-state index contributed by atoms with van der Waals surface area (Å²) in [6, 6.07) is 7.95. The van der Waals surface area contributed by atoms with Gasteiger partial charge in [0.05, 0.1) is 5.92 Å². The molecule has 98 valence electrons. The number of carbonyl (C=O) groups excluding carboxylic acids is 1. The Hall–Kier alpha value is -2.17. The van der Waals surface area contributed by atoms with Gasteiger partial charge in [-0.3, -0.25) is 4.79 Å². The monoisotopic (exact) mass is 257 g/mol. The number of aromatic nitrogens is 2. The van der Waals surface area contributed by atoms with Gasteiger partial charge in [0.1, 0.15) is 0 Å². The molecular weight excluding hydrogens is 242 g/mol. The number of carbonyl (C=O) groups is 1. The highest BCUT2D eigenvalue weighted by molar-refractivity contribution is 5.96. The highest BCUT2D eigenvalue weighted by atomic mass is 16.5. The van der Waals surface area contributed by atoms with Gasteiger partial charge in [-0.15, -0.1) is 0 Å². The minimum atomic E-state index is -0.00463. The molecule has 1 unspecified atom stereocenters. The molecule has 1 aliphatic heterocycles. The number of aryl methyl sites for hydroxylation is 2. The number of amides is 1. The van der Waals surface area contributed by atoms with Crippen molar-refractivity contribution in [1.29, 1.82) is 0 Å². The van der Waals surface area contributed by atoms with Gasteiger partial charge < -0.3 is 9.42 Å². The molecule has 1 amide bonds. The van der Waals surface area contributed by atoms with E-state index in [4.69, 9.17) is 4.52 Å². The van der Waals surface area contributed by atoms with E-state index in [1.54, 1.807) is 11.8 Å². The Labute approximate surface area is 111 Å². The predicted molar refractivity (Wildman–Crippen MR) is 69.9 cm³/mol. The largest absolute Gasteiger partial charge is 0.339 e. The van der Waals surface area contributed by atoms with Crippen LogP contribution in [0.5, 0.6) is 0 Å². The SMILES string of the molecule is Cc1ccc(N2CC(c3nc(C)no3)CC2=O)cc1. The molecule has 5 heteroatoms. The molecule has 0 saturated carbocycles. The maximum atomic E-state index is 12.1. The van der Waals surface area contributed by atoms with E-state index in [1.807, 2.05) is 31.2 Å². The van der Waals surface area contributed by atoms with Gasteiger partial charge >= 0.3 is 0 Å². The number of benzene rings is 1. The van der Waals surface area contributed by atoms with Crippen molar-refractivity contribution in [3.63, 3.8) is 0 Å². The topological polar surface area (TPSA) is 59.2 Å². The van der Waals surface area contributed by atoms with E-state index in [2.05, 4.69) is 10.1 Å². The minimum absolute atomic E-state index is 0.00463. The maximum absolute atomic E-state index is 12.1. The minimum Gasteiger partial charge on any atom is -0.339 e. The summed E-state index contributed by atoms with van der Waals surface area (Å²) in [5, 5.41) is 3.78. The molecule has 1 fully saturated rings. The lowest BCUT2D eigenvalue weighted by molar-refractivity contribution is -0.117. The van der Waals surface area contributed by atoms with Crippen molar-refractivity contribution in [3.8, 4) is 0 Å². The zero-order valence-electron chi connectivity index (χ0n) is 11.0. The molecule has 3 rings (SSSR count). The molecule has 0 radical (unpaired) electrons. The van der Waals surface area contributed by atoms with Crippen LogP contribution in [0.1, 0.15) is 29.6 Å². The lowest BCUT2D eigenvalue weighted by atomic mass is 10.1. The third kappa shape index (κ3) is 2.23. The molecule has 1 aromatic carbocycles. The molecule has 0 spiro atoms. The lowest BCUT2D eigenvalue weighted by Crippen LogP contribution is -2.24. The summed E-state index contributed by atoms with van der Waals surface area (Å²) in [7, 11) is 0. The first-order valence-corrected chi connectivity index (χ1v) is 6.31. The van der Waals surface area contributed by atoms with Gasteiger partial charge in [0.25, 0.3) is 0 Å². The van der Waals surface area contributed by atoms with Gasteiger partial charge in [-0.2, -0.15) is 4.98 Å². The molecule has 1 aromatic heterocycles. The van der Waals surface area contributed by atoms with Crippen LogP contribution in [-0.2, 0) is 4.79 Å². The van der Waals surface area contributed by atoms with E-state index in [1.165, 1.54) is 5.56 Å². The fourth-order valence-corrected chi connectivity index (χ4v) is 2.33. The number of rotatable bonds is 2. The first-order valence-electron chi connectivity index (χ1n) is 6.31. The second-order valence-corrected chi connectivity index (χ2v) is 4.92. The first-order chi connectivity index (χ1) is 9.13. The highest BCUT2D eigenvalue weighted by Gasteiger charge is 2.34. The van der Waals surface area contributed by atoms with Crippen molar-refractivity contribution in [3.05, 3.63) is 41.5 Å². The summed E-state index contributed by atoms with van der Waals surface area (Å²) >= 11 is 0. The van der Waals surface area contributed by atoms with Crippen molar-refractivity contribution < 1.29 is 9.32 Å². The Morgan fingerprint density at radius 1 is 1.26 bits per heavy atom. The van der Waals surface area contributed by atoms with Gasteiger partial charge in [0.15, 0.2) is 5.82 Å². The van der Waals surface area contributed by atoms with Crippen molar-refractivity contribution >= 4 is 11.6 Å². The number of hydrogen-bond acceptors (Lipinski definition) is 4. The molecule has 0 aliphatic carbocycles. The molecule has 0 bridgehead atoms. The quantitative estimate of drug-likeness (QED) is 0.827. The average molecular weight is 257 g/mol.